The average molecular weight is 660 g/mol. The Bertz CT molecular complexity index is 591. The highest BCUT2D eigenvalue weighted by Crippen LogP contribution is 2.28. The minimum absolute atomic E-state index is 0.0750. The van der Waals surface area contributed by atoms with Crippen LogP contribution in [0.2, 0.25) is 0 Å². The number of amides is 1. The maximum atomic E-state index is 12.1. The molecule has 1 N–H and O–H groups in total. The minimum Gasteiger partial charge on any atom is -0.320 e. The molecule has 2 aromatic rings. The van der Waals surface area contributed by atoms with Crippen LogP contribution >= 0.6 is 95.0 Å². The van der Waals surface area contributed by atoms with Crippen molar-refractivity contribution in [1.29, 1.82) is 0 Å². The van der Waals surface area contributed by atoms with Crippen molar-refractivity contribution in [2.75, 3.05) is 5.32 Å². The van der Waals surface area contributed by atoms with Crippen molar-refractivity contribution in [1.82, 2.24) is 0 Å². The Morgan fingerprint density at radius 1 is 1.17 bits per heavy atom. The number of benzene rings is 1. The van der Waals surface area contributed by atoms with Crippen molar-refractivity contribution < 1.29 is 4.79 Å². The summed E-state index contributed by atoms with van der Waals surface area (Å²) in [6.07, 6.45) is 0. The molecule has 0 aliphatic heterocycles. The Morgan fingerprint density at radius 3 is 2.28 bits per heavy atom. The molecule has 1 aromatic heterocycles. The maximum Gasteiger partial charge on any atom is 0.256 e. The second-order valence-electron chi connectivity index (χ2n) is 3.34. The van der Waals surface area contributed by atoms with Crippen LogP contribution in [-0.4, -0.2) is 5.91 Å². The standard InChI is InChI=1S/C11H5BrI3NOS/c12-9-1-5(4-18-9)11(17)16-10-7(14)2-6(13)3-8(10)15/h1-4H,(H,16,17). The SMILES string of the molecule is O=C(Nc1c(I)cc(I)cc1I)c1csc(Br)c1. The van der Waals surface area contributed by atoms with Crippen molar-refractivity contribution in [3.8, 4) is 0 Å². The van der Waals surface area contributed by atoms with Gasteiger partial charge in [-0.3, -0.25) is 4.79 Å². The number of carbonyl (C=O) groups excluding carboxylic acids is 1. The van der Waals surface area contributed by atoms with Crippen molar-refractivity contribution in [2.24, 2.45) is 0 Å². The molecule has 1 amide bonds. The lowest BCUT2D eigenvalue weighted by Crippen LogP contribution is -2.13. The van der Waals surface area contributed by atoms with Gasteiger partial charge in [-0.2, -0.15) is 0 Å². The normalized spacial score (nSPS) is 10.4. The summed E-state index contributed by atoms with van der Waals surface area (Å²) in [6.45, 7) is 0. The van der Waals surface area contributed by atoms with Crippen LogP contribution in [0.15, 0.2) is 27.4 Å². The van der Waals surface area contributed by atoms with E-state index in [0.29, 0.717) is 5.56 Å². The summed E-state index contributed by atoms with van der Waals surface area (Å²) in [5.41, 5.74) is 1.56. The van der Waals surface area contributed by atoms with E-state index in [1.807, 2.05) is 23.6 Å². The van der Waals surface area contributed by atoms with Crippen molar-refractivity contribution in [3.05, 3.63) is 43.6 Å². The molecule has 0 saturated heterocycles. The lowest BCUT2D eigenvalue weighted by atomic mass is 10.3. The number of anilines is 1. The quantitative estimate of drug-likeness (QED) is 0.420. The summed E-state index contributed by atoms with van der Waals surface area (Å²) >= 11 is 11.6. The molecule has 0 spiro atoms. The van der Waals surface area contributed by atoms with E-state index in [0.717, 1.165) is 20.2 Å². The van der Waals surface area contributed by atoms with Crippen molar-refractivity contribution in [3.63, 3.8) is 0 Å². The van der Waals surface area contributed by atoms with Gasteiger partial charge in [0.2, 0.25) is 0 Å². The predicted molar refractivity (Wildman–Crippen MR) is 105 cm³/mol. The van der Waals surface area contributed by atoms with Crippen LogP contribution in [0.1, 0.15) is 10.4 Å². The topological polar surface area (TPSA) is 29.1 Å². The number of nitrogens with one attached hydrogen (secondary N) is 1. The fourth-order valence-electron chi connectivity index (χ4n) is 1.28. The van der Waals surface area contributed by atoms with E-state index in [1.165, 1.54) is 11.3 Å². The van der Waals surface area contributed by atoms with E-state index >= 15 is 0 Å². The summed E-state index contributed by atoms with van der Waals surface area (Å²) in [5.74, 6) is -0.0750. The minimum atomic E-state index is -0.0750. The molecule has 1 heterocycles. The molecule has 7 heteroatoms. The van der Waals surface area contributed by atoms with Crippen molar-refractivity contribution in [2.45, 2.75) is 0 Å². The first-order chi connectivity index (χ1) is 8.47. The summed E-state index contributed by atoms with van der Waals surface area (Å²) in [4.78, 5) is 12.1. The van der Waals surface area contributed by atoms with Gasteiger partial charge in [-0.25, -0.2) is 0 Å². The molecule has 94 valence electrons. The van der Waals surface area contributed by atoms with Crippen LogP contribution < -0.4 is 5.32 Å². The Hall–Kier alpha value is 1.06. The molecule has 0 fully saturated rings. The highest BCUT2D eigenvalue weighted by molar-refractivity contribution is 14.1. The Kier molecular flexibility index (Phi) is 5.73. The highest BCUT2D eigenvalue weighted by atomic mass is 127. The molecule has 18 heavy (non-hydrogen) atoms. The van der Waals surface area contributed by atoms with Crippen LogP contribution in [0.4, 0.5) is 5.69 Å². The third-order valence-corrected chi connectivity index (χ3v) is 5.90. The molecule has 0 aliphatic carbocycles. The monoisotopic (exact) mass is 659 g/mol. The van der Waals surface area contributed by atoms with E-state index in [1.54, 1.807) is 0 Å². The van der Waals surface area contributed by atoms with Crippen molar-refractivity contribution >= 4 is 107 Å². The van der Waals surface area contributed by atoms with Gasteiger partial charge in [0.15, 0.2) is 0 Å². The first kappa shape index (κ1) is 15.4. The molecule has 0 atom stereocenters. The number of halogens is 4. The third-order valence-electron chi connectivity index (χ3n) is 2.08. The van der Waals surface area contributed by atoms with Gasteiger partial charge < -0.3 is 5.32 Å². The van der Waals surface area contributed by atoms with Gasteiger partial charge in [0.1, 0.15) is 0 Å². The fraction of sp³-hybridized carbons (Fsp3) is 0. The number of thiophene rings is 1. The molecule has 0 radical (unpaired) electrons. The molecule has 2 nitrogen and oxygen atoms in total. The number of carbonyl (C=O) groups is 1. The van der Waals surface area contributed by atoms with Gasteiger partial charge in [0.25, 0.3) is 5.91 Å². The second kappa shape index (κ2) is 6.68. The zero-order valence-electron chi connectivity index (χ0n) is 8.64. The average Bonchev–Trinajstić information content (AvgIpc) is 2.70. The second-order valence-corrected chi connectivity index (χ2v) is 9.20. The van der Waals surface area contributed by atoms with Gasteiger partial charge in [0, 0.05) is 16.1 Å². The van der Waals surface area contributed by atoms with Crippen LogP contribution in [0, 0.1) is 10.7 Å². The first-order valence-corrected chi connectivity index (χ1v) is 9.58. The summed E-state index contributed by atoms with van der Waals surface area (Å²) in [6, 6.07) is 5.91. The zero-order valence-corrected chi connectivity index (χ0v) is 17.5. The van der Waals surface area contributed by atoms with Gasteiger partial charge in [-0.1, -0.05) is 0 Å². The molecule has 0 bridgehead atoms. The number of hydrogen-bond donors (Lipinski definition) is 1. The molecular formula is C11H5BrI3NOS. The predicted octanol–water partition coefficient (Wildman–Crippen LogP) is 5.58. The van der Waals surface area contributed by atoms with Gasteiger partial charge in [0.05, 0.1) is 15.0 Å². The molecular weight excluding hydrogens is 655 g/mol. The molecule has 0 unspecified atom stereocenters. The van der Waals surface area contributed by atoms with Crippen LogP contribution in [0.3, 0.4) is 0 Å². The highest BCUT2D eigenvalue weighted by Gasteiger charge is 2.13. The smallest absolute Gasteiger partial charge is 0.256 e. The van der Waals surface area contributed by atoms with E-state index in [4.69, 9.17) is 0 Å². The largest absolute Gasteiger partial charge is 0.320 e. The molecule has 2 rings (SSSR count). The summed E-state index contributed by atoms with van der Waals surface area (Å²) in [7, 11) is 0. The Labute approximate surface area is 158 Å². The summed E-state index contributed by atoms with van der Waals surface area (Å²) < 4.78 is 4.22. The van der Waals surface area contributed by atoms with Gasteiger partial charge in [-0.05, 0) is 102 Å². The zero-order chi connectivity index (χ0) is 13.3. The van der Waals surface area contributed by atoms with E-state index in [-0.39, 0.29) is 5.91 Å². The lowest BCUT2D eigenvalue weighted by Gasteiger charge is -2.09. The van der Waals surface area contributed by atoms with E-state index < -0.39 is 0 Å². The van der Waals surface area contributed by atoms with Crippen LogP contribution in [-0.2, 0) is 0 Å². The van der Waals surface area contributed by atoms with Crippen LogP contribution in [0.25, 0.3) is 0 Å². The van der Waals surface area contributed by atoms with Gasteiger partial charge >= 0.3 is 0 Å². The van der Waals surface area contributed by atoms with E-state index in [2.05, 4.69) is 89.0 Å². The third kappa shape index (κ3) is 3.79. The first-order valence-electron chi connectivity index (χ1n) is 4.67. The lowest BCUT2D eigenvalue weighted by molar-refractivity contribution is 0.102. The molecule has 1 aromatic carbocycles. The molecule has 0 saturated carbocycles. The summed E-state index contributed by atoms with van der Waals surface area (Å²) in [5, 5.41) is 4.80. The number of rotatable bonds is 2. The number of hydrogen-bond acceptors (Lipinski definition) is 2. The van der Waals surface area contributed by atoms with Crippen LogP contribution in [0.5, 0.6) is 0 Å². The van der Waals surface area contributed by atoms with E-state index in [9.17, 15) is 4.79 Å². The Morgan fingerprint density at radius 2 is 1.78 bits per heavy atom. The van der Waals surface area contributed by atoms with Gasteiger partial charge in [-0.15, -0.1) is 11.3 Å². The maximum absolute atomic E-state index is 12.1. The fourth-order valence-corrected chi connectivity index (χ4v) is 6.27. The Balaban J connectivity index is 2.27. The molecule has 0 aliphatic rings.